The Morgan fingerprint density at radius 2 is 2.00 bits per heavy atom. The molecule has 0 fully saturated rings. The van der Waals surface area contributed by atoms with Gasteiger partial charge in [-0.05, 0) is 24.1 Å². The lowest BCUT2D eigenvalue weighted by atomic mass is 10.1. The first-order chi connectivity index (χ1) is 8.91. The van der Waals surface area contributed by atoms with Crippen molar-refractivity contribution in [3.63, 3.8) is 0 Å². The van der Waals surface area contributed by atoms with Gasteiger partial charge in [0.15, 0.2) is 0 Å². The van der Waals surface area contributed by atoms with Crippen LogP contribution in [0.3, 0.4) is 0 Å². The fourth-order valence-corrected chi connectivity index (χ4v) is 2.08. The lowest BCUT2D eigenvalue weighted by Crippen LogP contribution is -2.32. The summed E-state index contributed by atoms with van der Waals surface area (Å²) in [7, 11) is 0. The van der Waals surface area contributed by atoms with Crippen molar-refractivity contribution in [2.75, 3.05) is 18.0 Å². The van der Waals surface area contributed by atoms with Crippen LogP contribution in [0.15, 0.2) is 29.8 Å². The highest BCUT2D eigenvalue weighted by Crippen LogP contribution is 2.32. The quantitative estimate of drug-likeness (QED) is 0.663. The summed E-state index contributed by atoms with van der Waals surface area (Å²) in [4.78, 5) is 1.59. The number of nitrogens with two attached hydrogens (primary N) is 1. The molecule has 0 aromatic heterocycles. The van der Waals surface area contributed by atoms with Gasteiger partial charge >= 0.3 is 6.18 Å². The second-order valence-corrected chi connectivity index (χ2v) is 4.41. The van der Waals surface area contributed by atoms with Crippen LogP contribution in [0.4, 0.5) is 23.2 Å². The number of nitrogens with zero attached hydrogens (tertiary/aromatic N) is 1. The molecule has 2 N–H and O–H groups in total. The number of benzene rings is 1. The molecule has 1 aliphatic rings. The number of hydrogen-bond donors (Lipinski definition) is 1. The van der Waals surface area contributed by atoms with Crippen molar-refractivity contribution in [3.05, 3.63) is 41.2 Å². The fourth-order valence-electron chi connectivity index (χ4n) is 2.08. The SMILES string of the molecule is NCc1ccc(N2CC=C(C(F)(F)F)CC2)c(F)c1. The normalized spacial score (nSPS) is 16.5. The maximum atomic E-state index is 13.8. The van der Waals surface area contributed by atoms with Gasteiger partial charge in [-0.25, -0.2) is 4.39 Å². The molecule has 0 saturated heterocycles. The highest BCUT2D eigenvalue weighted by Gasteiger charge is 2.35. The van der Waals surface area contributed by atoms with Gasteiger partial charge in [0, 0.05) is 25.2 Å². The molecule has 2 nitrogen and oxygen atoms in total. The summed E-state index contributed by atoms with van der Waals surface area (Å²) >= 11 is 0. The van der Waals surface area contributed by atoms with Crippen molar-refractivity contribution in [2.24, 2.45) is 5.73 Å². The third-order valence-electron chi connectivity index (χ3n) is 3.16. The van der Waals surface area contributed by atoms with Crippen molar-refractivity contribution >= 4 is 5.69 Å². The first-order valence-electron chi connectivity index (χ1n) is 5.91. The van der Waals surface area contributed by atoms with Gasteiger partial charge in [0.25, 0.3) is 0 Å². The largest absolute Gasteiger partial charge is 0.412 e. The van der Waals surface area contributed by atoms with E-state index in [4.69, 9.17) is 5.73 Å². The lowest BCUT2D eigenvalue weighted by Gasteiger charge is -2.29. The zero-order valence-corrected chi connectivity index (χ0v) is 10.2. The first-order valence-corrected chi connectivity index (χ1v) is 5.91. The third kappa shape index (κ3) is 3.07. The van der Waals surface area contributed by atoms with Crippen LogP contribution in [0.25, 0.3) is 0 Å². The summed E-state index contributed by atoms with van der Waals surface area (Å²) in [6, 6.07) is 4.56. The van der Waals surface area contributed by atoms with E-state index in [-0.39, 0.29) is 26.1 Å². The molecule has 0 atom stereocenters. The zero-order valence-electron chi connectivity index (χ0n) is 10.2. The topological polar surface area (TPSA) is 29.3 Å². The third-order valence-corrected chi connectivity index (χ3v) is 3.16. The Morgan fingerprint density at radius 1 is 1.26 bits per heavy atom. The molecule has 0 bridgehead atoms. The molecule has 2 rings (SSSR count). The maximum Gasteiger partial charge on any atom is 0.412 e. The summed E-state index contributed by atoms with van der Waals surface area (Å²) in [6.45, 7) is 0.452. The van der Waals surface area contributed by atoms with Crippen molar-refractivity contribution in [2.45, 2.75) is 19.1 Å². The Labute approximate surface area is 108 Å². The van der Waals surface area contributed by atoms with Crippen LogP contribution in [-0.2, 0) is 6.54 Å². The molecule has 104 valence electrons. The van der Waals surface area contributed by atoms with Crippen LogP contribution in [0.1, 0.15) is 12.0 Å². The van der Waals surface area contributed by atoms with Gasteiger partial charge in [0.05, 0.1) is 5.69 Å². The van der Waals surface area contributed by atoms with Crippen LogP contribution in [-0.4, -0.2) is 19.3 Å². The van der Waals surface area contributed by atoms with E-state index < -0.39 is 17.6 Å². The Kier molecular flexibility index (Phi) is 3.80. The van der Waals surface area contributed by atoms with Gasteiger partial charge in [-0.15, -0.1) is 0 Å². The van der Waals surface area contributed by atoms with Gasteiger partial charge in [0.1, 0.15) is 5.82 Å². The monoisotopic (exact) mass is 274 g/mol. The minimum Gasteiger partial charge on any atom is -0.365 e. The van der Waals surface area contributed by atoms with Crippen molar-refractivity contribution in [3.8, 4) is 0 Å². The highest BCUT2D eigenvalue weighted by molar-refractivity contribution is 5.51. The minimum absolute atomic E-state index is 0.0632. The van der Waals surface area contributed by atoms with Crippen LogP contribution in [0, 0.1) is 5.82 Å². The molecule has 6 heteroatoms. The Bertz CT molecular complexity index is 494. The van der Waals surface area contributed by atoms with Gasteiger partial charge < -0.3 is 10.6 Å². The average molecular weight is 274 g/mol. The van der Waals surface area contributed by atoms with E-state index in [1.54, 1.807) is 17.0 Å². The predicted octanol–water partition coefficient (Wildman–Crippen LogP) is 2.98. The van der Waals surface area contributed by atoms with Crippen LogP contribution >= 0.6 is 0 Å². The van der Waals surface area contributed by atoms with E-state index >= 15 is 0 Å². The number of rotatable bonds is 2. The number of halogens is 4. The first kappa shape index (κ1) is 13.9. The lowest BCUT2D eigenvalue weighted by molar-refractivity contribution is -0.0943. The molecule has 0 saturated carbocycles. The molecule has 0 aliphatic carbocycles. The van der Waals surface area contributed by atoms with E-state index in [1.165, 1.54) is 6.07 Å². The molecule has 19 heavy (non-hydrogen) atoms. The number of alkyl halides is 3. The van der Waals surface area contributed by atoms with Crippen molar-refractivity contribution < 1.29 is 17.6 Å². The Morgan fingerprint density at radius 3 is 2.47 bits per heavy atom. The summed E-state index contributed by atoms with van der Waals surface area (Å²) < 4.78 is 51.2. The molecule has 0 unspecified atom stereocenters. The standard InChI is InChI=1S/C13H14F4N2/c14-11-7-9(8-18)1-2-12(11)19-5-3-10(4-6-19)13(15,16)17/h1-3,7H,4-6,8,18H2. The van der Waals surface area contributed by atoms with Gasteiger partial charge in [-0.2, -0.15) is 13.2 Å². The van der Waals surface area contributed by atoms with Gasteiger partial charge in [0.2, 0.25) is 0 Å². The fraction of sp³-hybridized carbons (Fsp3) is 0.385. The van der Waals surface area contributed by atoms with E-state index in [2.05, 4.69) is 0 Å². The van der Waals surface area contributed by atoms with Crippen LogP contribution in [0.5, 0.6) is 0 Å². The summed E-state index contributed by atoms with van der Waals surface area (Å²) in [5.74, 6) is -0.452. The second kappa shape index (κ2) is 5.21. The zero-order chi connectivity index (χ0) is 14.0. The van der Waals surface area contributed by atoms with Gasteiger partial charge in [-0.1, -0.05) is 12.1 Å². The Balaban J connectivity index is 2.16. The minimum atomic E-state index is -4.28. The molecule has 1 aliphatic heterocycles. The molecular formula is C13H14F4N2. The second-order valence-electron chi connectivity index (χ2n) is 4.41. The van der Waals surface area contributed by atoms with Crippen LogP contribution in [0.2, 0.25) is 0 Å². The smallest absolute Gasteiger partial charge is 0.365 e. The molecule has 1 heterocycles. The Hall–Kier alpha value is -1.56. The highest BCUT2D eigenvalue weighted by atomic mass is 19.4. The summed E-state index contributed by atoms with van der Waals surface area (Å²) in [5.41, 5.74) is 5.83. The van der Waals surface area contributed by atoms with Crippen molar-refractivity contribution in [1.82, 2.24) is 0 Å². The predicted molar refractivity (Wildman–Crippen MR) is 65.3 cm³/mol. The molecule has 1 aromatic rings. The molecule has 0 radical (unpaired) electrons. The van der Waals surface area contributed by atoms with E-state index in [0.29, 0.717) is 11.3 Å². The van der Waals surface area contributed by atoms with Crippen molar-refractivity contribution in [1.29, 1.82) is 0 Å². The molecule has 1 aromatic carbocycles. The summed E-state index contributed by atoms with van der Waals surface area (Å²) in [6.07, 6.45) is -3.30. The number of anilines is 1. The molecule has 0 spiro atoms. The van der Waals surface area contributed by atoms with E-state index in [0.717, 1.165) is 6.08 Å². The molecular weight excluding hydrogens is 260 g/mol. The molecule has 0 amide bonds. The maximum absolute atomic E-state index is 13.8. The van der Waals surface area contributed by atoms with E-state index in [9.17, 15) is 17.6 Å². The van der Waals surface area contributed by atoms with Gasteiger partial charge in [-0.3, -0.25) is 0 Å². The van der Waals surface area contributed by atoms with E-state index in [1.807, 2.05) is 0 Å². The average Bonchev–Trinajstić information content (AvgIpc) is 2.37. The summed E-state index contributed by atoms with van der Waals surface area (Å²) in [5, 5.41) is 0. The number of hydrogen-bond acceptors (Lipinski definition) is 2. The van der Waals surface area contributed by atoms with Crippen LogP contribution < -0.4 is 10.6 Å².